The van der Waals surface area contributed by atoms with E-state index in [9.17, 15) is 17.6 Å². The maximum absolute atomic E-state index is 13.8. The van der Waals surface area contributed by atoms with Crippen molar-refractivity contribution in [2.45, 2.75) is 45.1 Å². The Labute approximate surface area is 181 Å². The molecule has 2 aromatic rings. The second kappa shape index (κ2) is 8.97. The highest BCUT2D eigenvalue weighted by atomic mass is 32.2. The molecule has 0 radical (unpaired) electrons. The normalized spacial score (nSPS) is 20.6. The number of carbonyl (C=O) groups excluding carboxylic acids is 1. The Morgan fingerprint density at radius 3 is 2.55 bits per heavy atom. The molecule has 166 valence electrons. The number of aromatic nitrogens is 2. The third-order valence-electron chi connectivity index (χ3n) is 5.80. The lowest BCUT2D eigenvalue weighted by atomic mass is 10.0. The number of nitrogens with one attached hydrogen (secondary N) is 1. The van der Waals surface area contributed by atoms with Crippen molar-refractivity contribution in [3.8, 4) is 0 Å². The number of rotatable bonds is 5. The van der Waals surface area contributed by atoms with Crippen LogP contribution in [0.15, 0.2) is 30.5 Å². The molecule has 4 rings (SSSR count). The smallest absolute Gasteiger partial charge is 0.282 e. The van der Waals surface area contributed by atoms with Crippen LogP contribution in [0.2, 0.25) is 0 Å². The van der Waals surface area contributed by atoms with Crippen molar-refractivity contribution in [2.24, 2.45) is 0 Å². The number of amides is 1. The highest BCUT2D eigenvalue weighted by Gasteiger charge is 2.39. The molecule has 2 aliphatic rings. The minimum atomic E-state index is -3.58. The van der Waals surface area contributed by atoms with E-state index in [1.54, 1.807) is 19.1 Å². The van der Waals surface area contributed by atoms with Crippen LogP contribution < -0.4 is 5.32 Å². The van der Waals surface area contributed by atoms with Gasteiger partial charge in [-0.25, -0.2) is 14.4 Å². The maximum atomic E-state index is 13.8. The number of hydrogen-bond acceptors (Lipinski definition) is 5. The Balaban J connectivity index is 1.57. The van der Waals surface area contributed by atoms with E-state index in [1.807, 2.05) is 0 Å². The van der Waals surface area contributed by atoms with E-state index in [2.05, 4.69) is 15.3 Å². The van der Waals surface area contributed by atoms with Gasteiger partial charge in [0.15, 0.2) is 0 Å². The average molecular weight is 448 g/mol. The van der Waals surface area contributed by atoms with Crippen LogP contribution in [-0.4, -0.2) is 52.5 Å². The molecular weight excluding hydrogens is 421 g/mol. The summed E-state index contributed by atoms with van der Waals surface area (Å²) >= 11 is 0. The molecule has 0 spiro atoms. The first-order valence-corrected chi connectivity index (χ1v) is 11.9. The summed E-state index contributed by atoms with van der Waals surface area (Å²) in [5, 5.41) is 2.53. The number of carbonyl (C=O) groups is 1. The van der Waals surface area contributed by atoms with Crippen molar-refractivity contribution in [3.05, 3.63) is 53.4 Å². The van der Waals surface area contributed by atoms with E-state index in [1.165, 1.54) is 26.9 Å². The van der Waals surface area contributed by atoms with Crippen molar-refractivity contribution in [1.82, 2.24) is 18.6 Å². The van der Waals surface area contributed by atoms with E-state index in [0.717, 1.165) is 25.7 Å². The van der Waals surface area contributed by atoms with Crippen molar-refractivity contribution in [2.75, 3.05) is 25.0 Å². The molecule has 1 aromatic heterocycles. The second-order valence-electron chi connectivity index (χ2n) is 7.90. The molecule has 31 heavy (non-hydrogen) atoms. The Morgan fingerprint density at radius 2 is 1.84 bits per heavy atom. The third-order valence-corrected chi connectivity index (χ3v) is 7.85. The van der Waals surface area contributed by atoms with Crippen LogP contribution in [0.1, 0.15) is 60.0 Å². The summed E-state index contributed by atoms with van der Waals surface area (Å²) in [6, 6.07) is 5.45. The second-order valence-corrected chi connectivity index (χ2v) is 9.78. The molecule has 2 aliphatic heterocycles. The predicted molar refractivity (Wildman–Crippen MR) is 114 cm³/mol. The largest absolute Gasteiger partial charge is 0.319 e. The summed E-state index contributed by atoms with van der Waals surface area (Å²) in [5.74, 6) is -0.655. The first-order valence-electron chi connectivity index (χ1n) is 10.5. The van der Waals surface area contributed by atoms with Crippen LogP contribution in [0.25, 0.3) is 0 Å². The standard InChI is InChI=1S/C21H26FN5O3S/c1-15-16(21(28)25-18-9-3-2-8-17(18)22)14-23-20(24-15)19-10-4-5-13-27(19)31(29,30)26-11-6-7-12-26/h2-3,8-9,14,19H,4-7,10-13H2,1H3,(H,25,28)/t19-/m0/s1. The van der Waals surface area contributed by atoms with Gasteiger partial charge in [0.05, 0.1) is 23.0 Å². The zero-order valence-electron chi connectivity index (χ0n) is 17.4. The number of benzene rings is 1. The SMILES string of the molecule is Cc1nc([C@@H]2CCCCN2S(=O)(=O)N2CCCC2)ncc1C(=O)Nc1ccccc1F. The van der Waals surface area contributed by atoms with Crippen molar-refractivity contribution in [3.63, 3.8) is 0 Å². The first kappa shape index (κ1) is 21.8. The van der Waals surface area contributed by atoms with E-state index in [-0.39, 0.29) is 11.3 Å². The molecule has 10 heteroatoms. The summed E-state index contributed by atoms with van der Waals surface area (Å²) in [6.45, 7) is 3.19. The highest BCUT2D eigenvalue weighted by molar-refractivity contribution is 7.86. The quantitative estimate of drug-likeness (QED) is 0.760. The molecule has 1 amide bonds. The first-order chi connectivity index (χ1) is 14.9. The molecule has 0 aliphatic carbocycles. The number of piperidine rings is 1. The van der Waals surface area contributed by atoms with Gasteiger partial charge in [0.2, 0.25) is 0 Å². The molecule has 2 saturated heterocycles. The molecule has 8 nitrogen and oxygen atoms in total. The van der Waals surface area contributed by atoms with Gasteiger partial charge in [-0.1, -0.05) is 18.6 Å². The lowest BCUT2D eigenvalue weighted by Crippen LogP contribution is -2.46. The fraction of sp³-hybridized carbons (Fsp3) is 0.476. The summed E-state index contributed by atoms with van der Waals surface area (Å²) < 4.78 is 43.2. The maximum Gasteiger partial charge on any atom is 0.282 e. The van der Waals surface area contributed by atoms with Crippen LogP contribution >= 0.6 is 0 Å². The van der Waals surface area contributed by atoms with Crippen LogP contribution in [0, 0.1) is 12.7 Å². The monoisotopic (exact) mass is 447 g/mol. The Morgan fingerprint density at radius 1 is 1.13 bits per heavy atom. The number of hydrogen-bond donors (Lipinski definition) is 1. The van der Waals surface area contributed by atoms with Gasteiger partial charge in [0, 0.05) is 25.8 Å². The Kier molecular flexibility index (Phi) is 6.31. The minimum Gasteiger partial charge on any atom is -0.319 e. The Hall–Kier alpha value is -2.43. The molecule has 1 aromatic carbocycles. The van der Waals surface area contributed by atoms with Crippen LogP contribution in [0.4, 0.5) is 10.1 Å². The number of aryl methyl sites for hydroxylation is 1. The van der Waals surface area contributed by atoms with Crippen molar-refractivity contribution < 1.29 is 17.6 Å². The van der Waals surface area contributed by atoms with E-state index < -0.39 is 28.0 Å². The van der Waals surface area contributed by atoms with Crippen LogP contribution in [0.5, 0.6) is 0 Å². The Bertz CT molecular complexity index is 1070. The van der Waals surface area contributed by atoms with Gasteiger partial charge < -0.3 is 5.32 Å². The van der Waals surface area contributed by atoms with E-state index in [4.69, 9.17) is 0 Å². The third kappa shape index (κ3) is 4.46. The van der Waals surface area contributed by atoms with Gasteiger partial charge in [-0.05, 0) is 44.7 Å². The van der Waals surface area contributed by atoms with Gasteiger partial charge in [-0.15, -0.1) is 0 Å². The summed E-state index contributed by atoms with van der Waals surface area (Å²) in [4.78, 5) is 21.4. The molecular formula is C21H26FN5O3S. The van der Waals surface area contributed by atoms with Crippen LogP contribution in [-0.2, 0) is 10.2 Å². The molecule has 3 heterocycles. The van der Waals surface area contributed by atoms with E-state index in [0.29, 0.717) is 37.6 Å². The number of halogens is 1. The molecule has 2 fully saturated rings. The molecule has 0 unspecified atom stereocenters. The molecule has 1 atom stereocenters. The van der Waals surface area contributed by atoms with Gasteiger partial charge in [0.1, 0.15) is 11.6 Å². The number of para-hydroxylation sites is 1. The van der Waals surface area contributed by atoms with Crippen molar-refractivity contribution >= 4 is 21.8 Å². The average Bonchev–Trinajstić information content (AvgIpc) is 3.31. The lowest BCUT2D eigenvalue weighted by molar-refractivity contribution is 0.102. The van der Waals surface area contributed by atoms with Gasteiger partial charge in [-0.3, -0.25) is 4.79 Å². The zero-order valence-corrected chi connectivity index (χ0v) is 18.2. The highest BCUT2D eigenvalue weighted by Crippen LogP contribution is 2.33. The van der Waals surface area contributed by atoms with Gasteiger partial charge in [-0.2, -0.15) is 17.0 Å². The summed E-state index contributed by atoms with van der Waals surface area (Å²) in [5.41, 5.74) is 0.714. The van der Waals surface area contributed by atoms with Crippen molar-refractivity contribution in [1.29, 1.82) is 0 Å². The van der Waals surface area contributed by atoms with Crippen LogP contribution in [0.3, 0.4) is 0 Å². The molecule has 0 bridgehead atoms. The predicted octanol–water partition coefficient (Wildman–Crippen LogP) is 3.04. The lowest BCUT2D eigenvalue weighted by Gasteiger charge is -2.36. The zero-order chi connectivity index (χ0) is 22.0. The topological polar surface area (TPSA) is 95.5 Å². The minimum absolute atomic E-state index is 0.0751. The van der Waals surface area contributed by atoms with Gasteiger partial charge in [0.25, 0.3) is 16.1 Å². The summed E-state index contributed by atoms with van der Waals surface area (Å²) in [6.07, 6.45) is 5.45. The number of nitrogens with zero attached hydrogens (tertiary/aromatic N) is 4. The molecule has 1 N–H and O–H groups in total. The summed E-state index contributed by atoms with van der Waals surface area (Å²) in [7, 11) is -3.58. The fourth-order valence-electron chi connectivity index (χ4n) is 4.13. The van der Waals surface area contributed by atoms with Gasteiger partial charge >= 0.3 is 0 Å². The fourth-order valence-corrected chi connectivity index (χ4v) is 6.02. The van der Waals surface area contributed by atoms with E-state index >= 15 is 0 Å². The molecule has 0 saturated carbocycles. The number of anilines is 1.